The van der Waals surface area contributed by atoms with Gasteiger partial charge in [-0.2, -0.15) is 0 Å². The monoisotopic (exact) mass is 241 g/mol. The number of hydrogen-bond donors (Lipinski definition) is 2. The van der Waals surface area contributed by atoms with Crippen molar-refractivity contribution >= 4 is 23.2 Å². The van der Waals surface area contributed by atoms with E-state index in [1.807, 2.05) is 19.9 Å². The molecule has 88 valence electrons. The molecule has 0 aliphatic heterocycles. The van der Waals surface area contributed by atoms with Crippen LogP contribution in [0.3, 0.4) is 0 Å². The molecule has 0 saturated carbocycles. The third-order valence-corrected chi connectivity index (χ3v) is 3.11. The fourth-order valence-corrected chi connectivity index (χ4v) is 2.39. The Labute approximate surface area is 98.3 Å². The smallest absolute Gasteiger partial charge is 0.305 e. The van der Waals surface area contributed by atoms with Crippen molar-refractivity contribution in [2.24, 2.45) is 0 Å². The first-order valence-electron chi connectivity index (χ1n) is 5.00. The zero-order valence-corrected chi connectivity index (χ0v) is 10.4. The van der Waals surface area contributed by atoms with Crippen LogP contribution >= 0.6 is 11.3 Å². The van der Waals surface area contributed by atoms with E-state index in [0.29, 0.717) is 5.56 Å². The third kappa shape index (κ3) is 3.34. The van der Waals surface area contributed by atoms with E-state index in [0.717, 1.165) is 9.75 Å². The number of amides is 1. The highest BCUT2D eigenvalue weighted by molar-refractivity contribution is 7.12. The molecule has 0 radical (unpaired) electrons. The van der Waals surface area contributed by atoms with E-state index in [4.69, 9.17) is 5.11 Å². The molecule has 0 bridgehead atoms. The topological polar surface area (TPSA) is 66.4 Å². The van der Waals surface area contributed by atoms with Crippen LogP contribution in [0.25, 0.3) is 0 Å². The zero-order chi connectivity index (χ0) is 12.3. The summed E-state index contributed by atoms with van der Waals surface area (Å²) >= 11 is 1.56. The van der Waals surface area contributed by atoms with E-state index in [1.165, 1.54) is 0 Å². The lowest BCUT2D eigenvalue weighted by Crippen LogP contribution is -2.34. The van der Waals surface area contributed by atoms with Gasteiger partial charge in [0.15, 0.2) is 0 Å². The highest BCUT2D eigenvalue weighted by atomic mass is 32.1. The minimum Gasteiger partial charge on any atom is -0.481 e. The molecule has 4 nitrogen and oxygen atoms in total. The molecule has 0 saturated heterocycles. The molecule has 16 heavy (non-hydrogen) atoms. The Morgan fingerprint density at radius 2 is 2.12 bits per heavy atom. The summed E-state index contributed by atoms with van der Waals surface area (Å²) in [6, 6.07) is 1.47. The van der Waals surface area contributed by atoms with E-state index in [1.54, 1.807) is 18.3 Å². The maximum absolute atomic E-state index is 11.8. The number of carboxylic acid groups (broad SMARTS) is 1. The number of carbonyl (C=O) groups excluding carboxylic acids is 1. The molecule has 1 heterocycles. The molecule has 1 aromatic heterocycles. The first kappa shape index (κ1) is 12.7. The minimum atomic E-state index is -0.911. The average Bonchev–Trinajstić information content (AvgIpc) is 2.43. The molecule has 0 aromatic carbocycles. The number of aryl methyl sites for hydroxylation is 2. The predicted octanol–water partition coefficient (Wildman–Crippen LogP) is 1.96. The Morgan fingerprint density at radius 3 is 2.56 bits per heavy atom. The van der Waals surface area contributed by atoms with Crippen molar-refractivity contribution in [1.29, 1.82) is 0 Å². The second-order valence-electron chi connectivity index (χ2n) is 3.80. The quantitative estimate of drug-likeness (QED) is 0.846. The standard InChI is InChI=1S/C11H15NO3S/c1-6(4-10(13)14)12-11(15)9-5-7(2)16-8(9)3/h5-6H,4H2,1-3H3,(H,12,15)(H,13,14)/t6-/m1/s1. The van der Waals surface area contributed by atoms with Crippen LogP contribution in [0.15, 0.2) is 6.07 Å². The third-order valence-electron chi connectivity index (χ3n) is 2.14. The van der Waals surface area contributed by atoms with Gasteiger partial charge in [0.2, 0.25) is 0 Å². The van der Waals surface area contributed by atoms with Crippen molar-refractivity contribution in [1.82, 2.24) is 5.32 Å². The molecule has 0 fully saturated rings. The van der Waals surface area contributed by atoms with Crippen LogP contribution < -0.4 is 5.32 Å². The van der Waals surface area contributed by atoms with Gasteiger partial charge in [0.1, 0.15) is 0 Å². The summed E-state index contributed by atoms with van der Waals surface area (Å²) in [7, 11) is 0. The second kappa shape index (κ2) is 5.12. The lowest BCUT2D eigenvalue weighted by atomic mass is 10.2. The molecule has 1 atom stereocenters. The van der Waals surface area contributed by atoms with E-state index < -0.39 is 5.97 Å². The number of aliphatic carboxylic acids is 1. The molecule has 1 aromatic rings. The fraction of sp³-hybridized carbons (Fsp3) is 0.455. The SMILES string of the molecule is Cc1cc(C(=O)N[C@H](C)CC(=O)O)c(C)s1. The Bertz CT molecular complexity index is 411. The minimum absolute atomic E-state index is 0.0616. The van der Waals surface area contributed by atoms with Gasteiger partial charge in [0, 0.05) is 15.8 Å². The summed E-state index contributed by atoms with van der Waals surface area (Å²) in [5.41, 5.74) is 0.639. The van der Waals surface area contributed by atoms with Crippen LogP contribution in [-0.4, -0.2) is 23.0 Å². The molecule has 5 heteroatoms. The van der Waals surface area contributed by atoms with Gasteiger partial charge < -0.3 is 10.4 Å². The van der Waals surface area contributed by atoms with E-state index in [2.05, 4.69) is 5.32 Å². The molecule has 2 N–H and O–H groups in total. The molecular weight excluding hydrogens is 226 g/mol. The lowest BCUT2D eigenvalue weighted by molar-refractivity contribution is -0.137. The predicted molar refractivity (Wildman–Crippen MR) is 63.0 cm³/mol. The summed E-state index contributed by atoms with van der Waals surface area (Å²) in [6.07, 6.45) is -0.0616. The number of hydrogen-bond acceptors (Lipinski definition) is 3. The average molecular weight is 241 g/mol. The number of nitrogens with one attached hydrogen (secondary N) is 1. The first-order valence-corrected chi connectivity index (χ1v) is 5.81. The summed E-state index contributed by atoms with van der Waals surface area (Å²) in [4.78, 5) is 24.3. The number of carboxylic acids is 1. The molecule has 0 aliphatic rings. The number of rotatable bonds is 4. The van der Waals surface area contributed by atoms with Crippen LogP contribution in [0.1, 0.15) is 33.5 Å². The summed E-state index contributed by atoms with van der Waals surface area (Å²) in [6.45, 7) is 5.50. The Hall–Kier alpha value is -1.36. The number of thiophene rings is 1. The van der Waals surface area contributed by atoms with E-state index in [9.17, 15) is 9.59 Å². The molecule has 0 spiro atoms. The number of carbonyl (C=O) groups is 2. The Kier molecular flexibility index (Phi) is 4.06. The van der Waals surface area contributed by atoms with Crippen LogP contribution in [0.2, 0.25) is 0 Å². The highest BCUT2D eigenvalue weighted by Gasteiger charge is 2.15. The van der Waals surface area contributed by atoms with Gasteiger partial charge >= 0.3 is 5.97 Å². The fourth-order valence-electron chi connectivity index (χ4n) is 1.47. The van der Waals surface area contributed by atoms with Gasteiger partial charge in [-0.3, -0.25) is 9.59 Å². The molecule has 0 unspecified atom stereocenters. The van der Waals surface area contributed by atoms with Gasteiger partial charge in [-0.25, -0.2) is 0 Å². The second-order valence-corrected chi connectivity index (χ2v) is 5.26. The van der Waals surface area contributed by atoms with Crippen LogP contribution in [0.5, 0.6) is 0 Å². The van der Waals surface area contributed by atoms with Crippen molar-refractivity contribution in [2.75, 3.05) is 0 Å². The normalized spacial score (nSPS) is 12.2. The molecule has 1 rings (SSSR count). The van der Waals surface area contributed by atoms with Crippen LogP contribution in [0, 0.1) is 13.8 Å². The van der Waals surface area contributed by atoms with Crippen molar-refractivity contribution in [3.8, 4) is 0 Å². The van der Waals surface area contributed by atoms with Gasteiger partial charge in [0.05, 0.1) is 12.0 Å². The largest absolute Gasteiger partial charge is 0.481 e. The first-order chi connectivity index (χ1) is 7.40. The maximum atomic E-state index is 11.8. The van der Waals surface area contributed by atoms with Gasteiger partial charge in [-0.1, -0.05) is 0 Å². The van der Waals surface area contributed by atoms with Crippen LogP contribution in [0.4, 0.5) is 0 Å². The van der Waals surface area contributed by atoms with Gasteiger partial charge in [-0.15, -0.1) is 11.3 Å². The van der Waals surface area contributed by atoms with Crippen LogP contribution in [-0.2, 0) is 4.79 Å². The Morgan fingerprint density at radius 1 is 1.50 bits per heavy atom. The molecule has 1 amide bonds. The van der Waals surface area contributed by atoms with Crippen molar-refractivity contribution in [3.05, 3.63) is 21.4 Å². The maximum Gasteiger partial charge on any atom is 0.305 e. The Balaban J connectivity index is 2.65. The van der Waals surface area contributed by atoms with E-state index >= 15 is 0 Å². The molecule has 0 aliphatic carbocycles. The summed E-state index contributed by atoms with van der Waals surface area (Å²) in [5.74, 6) is -1.11. The van der Waals surface area contributed by atoms with Crippen molar-refractivity contribution in [3.63, 3.8) is 0 Å². The van der Waals surface area contributed by atoms with Crippen molar-refractivity contribution < 1.29 is 14.7 Å². The highest BCUT2D eigenvalue weighted by Crippen LogP contribution is 2.20. The van der Waals surface area contributed by atoms with Crippen molar-refractivity contribution in [2.45, 2.75) is 33.2 Å². The van der Waals surface area contributed by atoms with Gasteiger partial charge in [-0.05, 0) is 26.8 Å². The summed E-state index contributed by atoms with van der Waals surface area (Å²) < 4.78 is 0. The lowest BCUT2D eigenvalue weighted by Gasteiger charge is -2.10. The van der Waals surface area contributed by atoms with Gasteiger partial charge in [0.25, 0.3) is 5.91 Å². The van der Waals surface area contributed by atoms with E-state index in [-0.39, 0.29) is 18.4 Å². The summed E-state index contributed by atoms with van der Waals surface area (Å²) in [5, 5.41) is 11.2. The zero-order valence-electron chi connectivity index (χ0n) is 9.53. The molecular formula is C11H15NO3S.